The van der Waals surface area contributed by atoms with Crippen molar-refractivity contribution in [3.8, 4) is 0 Å². The first-order chi connectivity index (χ1) is 10.1. The number of piperazine rings is 1. The molecule has 21 heavy (non-hydrogen) atoms. The van der Waals surface area contributed by atoms with Crippen molar-refractivity contribution in [1.29, 1.82) is 0 Å². The molecule has 0 saturated carbocycles. The molecule has 3 heterocycles. The molecule has 1 unspecified atom stereocenters. The van der Waals surface area contributed by atoms with Gasteiger partial charge in [0, 0.05) is 57.1 Å². The summed E-state index contributed by atoms with van der Waals surface area (Å²) >= 11 is 0. The molecule has 0 radical (unpaired) electrons. The van der Waals surface area contributed by atoms with E-state index in [0.29, 0.717) is 11.9 Å². The highest BCUT2D eigenvalue weighted by atomic mass is 16.6. The van der Waals surface area contributed by atoms with Crippen LogP contribution in [0.15, 0.2) is 12.1 Å². The van der Waals surface area contributed by atoms with E-state index < -0.39 is 0 Å². The van der Waals surface area contributed by atoms with Crippen LogP contribution in [0.1, 0.15) is 12.1 Å². The minimum atomic E-state index is -0.333. The summed E-state index contributed by atoms with van der Waals surface area (Å²) in [5.74, 6) is 0.526. The zero-order chi connectivity index (χ0) is 14.8. The van der Waals surface area contributed by atoms with Crippen LogP contribution in [0.4, 0.5) is 11.5 Å². The average Bonchev–Trinajstić information content (AvgIpc) is 2.97. The van der Waals surface area contributed by atoms with Crippen LogP contribution in [-0.4, -0.2) is 60.1 Å². The molecule has 0 spiro atoms. The maximum atomic E-state index is 11.2. The summed E-state index contributed by atoms with van der Waals surface area (Å²) < 4.78 is 0. The zero-order valence-electron chi connectivity index (χ0n) is 12.3. The Morgan fingerprint density at radius 3 is 2.81 bits per heavy atom. The van der Waals surface area contributed by atoms with Crippen molar-refractivity contribution in [2.24, 2.45) is 0 Å². The molecule has 114 valence electrons. The molecule has 0 bridgehead atoms. The fourth-order valence-electron chi connectivity index (χ4n) is 3.19. The van der Waals surface area contributed by atoms with Crippen molar-refractivity contribution < 1.29 is 4.92 Å². The van der Waals surface area contributed by atoms with Crippen molar-refractivity contribution in [2.45, 2.75) is 19.4 Å². The van der Waals surface area contributed by atoms with E-state index in [4.69, 9.17) is 0 Å². The number of hydrogen-bond donors (Lipinski definition) is 1. The average molecular weight is 291 g/mol. The Hall–Kier alpha value is -1.73. The van der Waals surface area contributed by atoms with Gasteiger partial charge >= 0.3 is 5.69 Å². The maximum Gasteiger partial charge on any atom is 0.311 e. The van der Waals surface area contributed by atoms with E-state index in [9.17, 15) is 10.1 Å². The molecule has 0 aliphatic carbocycles. The lowest BCUT2D eigenvalue weighted by Crippen LogP contribution is -2.49. The zero-order valence-corrected chi connectivity index (χ0v) is 12.3. The summed E-state index contributed by atoms with van der Waals surface area (Å²) in [5.41, 5.74) is 0.933. The number of hydrogen-bond acceptors (Lipinski definition) is 6. The number of anilines is 1. The van der Waals surface area contributed by atoms with Crippen molar-refractivity contribution in [3.05, 3.63) is 27.9 Å². The van der Waals surface area contributed by atoms with Gasteiger partial charge in [0.2, 0.25) is 5.82 Å². The predicted octanol–water partition coefficient (Wildman–Crippen LogP) is 0.782. The quantitative estimate of drug-likeness (QED) is 0.655. The van der Waals surface area contributed by atoms with Gasteiger partial charge in [-0.2, -0.15) is 0 Å². The van der Waals surface area contributed by atoms with Gasteiger partial charge in [-0.25, -0.2) is 4.98 Å². The van der Waals surface area contributed by atoms with Gasteiger partial charge in [0.25, 0.3) is 0 Å². The molecular weight excluding hydrogens is 270 g/mol. The minimum absolute atomic E-state index is 0.113. The van der Waals surface area contributed by atoms with E-state index in [1.807, 2.05) is 6.92 Å². The molecule has 1 N–H and O–H groups in total. The van der Waals surface area contributed by atoms with Crippen LogP contribution in [0.3, 0.4) is 0 Å². The fraction of sp³-hybridized carbons (Fsp3) is 0.643. The van der Waals surface area contributed by atoms with Crippen LogP contribution in [0.5, 0.6) is 0 Å². The van der Waals surface area contributed by atoms with E-state index in [1.54, 1.807) is 12.1 Å². The predicted molar refractivity (Wildman–Crippen MR) is 80.7 cm³/mol. The Labute approximate surface area is 124 Å². The third-order valence-corrected chi connectivity index (χ3v) is 4.32. The van der Waals surface area contributed by atoms with Crippen LogP contribution in [-0.2, 0) is 0 Å². The minimum Gasteiger partial charge on any atom is -0.349 e. The molecule has 3 rings (SSSR count). The van der Waals surface area contributed by atoms with Gasteiger partial charge in [-0.1, -0.05) is 0 Å². The van der Waals surface area contributed by atoms with Crippen molar-refractivity contribution in [1.82, 2.24) is 15.2 Å². The Bertz CT molecular complexity index is 530. The van der Waals surface area contributed by atoms with E-state index in [2.05, 4.69) is 20.1 Å². The molecule has 1 aromatic rings. The molecular formula is C14H21N5O2. The summed E-state index contributed by atoms with van der Waals surface area (Å²) in [4.78, 5) is 19.8. The molecule has 1 atom stereocenters. The highest BCUT2D eigenvalue weighted by molar-refractivity contribution is 5.58. The molecule has 2 fully saturated rings. The van der Waals surface area contributed by atoms with Gasteiger partial charge in [-0.3, -0.25) is 15.0 Å². The van der Waals surface area contributed by atoms with Crippen molar-refractivity contribution in [3.63, 3.8) is 0 Å². The molecule has 7 heteroatoms. The van der Waals surface area contributed by atoms with Gasteiger partial charge in [0.05, 0.1) is 4.92 Å². The Morgan fingerprint density at radius 2 is 2.10 bits per heavy atom. The van der Waals surface area contributed by atoms with Crippen molar-refractivity contribution >= 4 is 11.5 Å². The number of aryl methyl sites for hydroxylation is 1. The molecule has 0 amide bonds. The van der Waals surface area contributed by atoms with Crippen LogP contribution in [0.25, 0.3) is 0 Å². The van der Waals surface area contributed by atoms with Gasteiger partial charge < -0.3 is 10.2 Å². The van der Waals surface area contributed by atoms with Gasteiger partial charge in [0.1, 0.15) is 0 Å². The molecule has 7 nitrogen and oxygen atoms in total. The van der Waals surface area contributed by atoms with Gasteiger partial charge in [-0.15, -0.1) is 0 Å². The van der Waals surface area contributed by atoms with E-state index in [0.717, 1.165) is 51.4 Å². The number of aromatic nitrogens is 1. The molecule has 0 aromatic carbocycles. The summed E-state index contributed by atoms with van der Waals surface area (Å²) in [7, 11) is 0. The number of nitro groups is 1. The summed E-state index contributed by atoms with van der Waals surface area (Å²) in [6.45, 7) is 7.71. The number of nitrogens with zero attached hydrogens (tertiary/aromatic N) is 4. The molecule has 2 saturated heterocycles. The first-order valence-electron chi connectivity index (χ1n) is 7.47. The second kappa shape index (κ2) is 5.95. The monoisotopic (exact) mass is 291 g/mol. The van der Waals surface area contributed by atoms with Gasteiger partial charge in [0.15, 0.2) is 0 Å². The highest BCUT2D eigenvalue weighted by Gasteiger charge is 2.32. The standard InChI is InChI=1S/C14H21N5O2/c1-11-2-3-13(19(20)21)14(16-11)18-7-4-12(10-18)17-8-5-15-6-9-17/h2-3,12,15H,4-10H2,1H3. The lowest BCUT2D eigenvalue weighted by molar-refractivity contribution is -0.384. The van der Waals surface area contributed by atoms with Crippen LogP contribution in [0.2, 0.25) is 0 Å². The third-order valence-electron chi connectivity index (χ3n) is 4.32. The molecule has 2 aliphatic heterocycles. The second-order valence-corrected chi connectivity index (χ2v) is 5.73. The van der Waals surface area contributed by atoms with E-state index in [-0.39, 0.29) is 10.6 Å². The Morgan fingerprint density at radius 1 is 1.33 bits per heavy atom. The summed E-state index contributed by atoms with van der Waals surface area (Å²) in [6, 6.07) is 3.75. The van der Waals surface area contributed by atoms with E-state index >= 15 is 0 Å². The Kier molecular flexibility index (Phi) is 4.03. The van der Waals surface area contributed by atoms with Gasteiger partial charge in [-0.05, 0) is 19.4 Å². The number of nitrogens with one attached hydrogen (secondary N) is 1. The first kappa shape index (κ1) is 14.2. The second-order valence-electron chi connectivity index (χ2n) is 5.73. The number of pyridine rings is 1. The largest absolute Gasteiger partial charge is 0.349 e. The van der Waals surface area contributed by atoms with Crippen LogP contribution < -0.4 is 10.2 Å². The van der Waals surface area contributed by atoms with Crippen molar-refractivity contribution in [2.75, 3.05) is 44.2 Å². The SMILES string of the molecule is Cc1ccc([N+](=O)[O-])c(N2CCC(N3CCNCC3)C2)n1. The lowest BCUT2D eigenvalue weighted by atomic mass is 10.2. The Balaban J connectivity index is 1.76. The summed E-state index contributed by atoms with van der Waals surface area (Å²) in [6.07, 6.45) is 1.05. The van der Waals surface area contributed by atoms with Crippen LogP contribution in [0, 0.1) is 17.0 Å². The van der Waals surface area contributed by atoms with Crippen LogP contribution >= 0.6 is 0 Å². The molecule has 1 aromatic heterocycles. The maximum absolute atomic E-state index is 11.2. The fourth-order valence-corrected chi connectivity index (χ4v) is 3.19. The highest BCUT2D eigenvalue weighted by Crippen LogP contribution is 2.30. The number of rotatable bonds is 3. The smallest absolute Gasteiger partial charge is 0.311 e. The summed E-state index contributed by atoms with van der Waals surface area (Å²) in [5, 5.41) is 14.5. The lowest BCUT2D eigenvalue weighted by Gasteiger charge is -2.32. The topological polar surface area (TPSA) is 74.5 Å². The normalized spacial score (nSPS) is 23.5. The third kappa shape index (κ3) is 2.98. The molecule has 2 aliphatic rings. The van der Waals surface area contributed by atoms with E-state index in [1.165, 1.54) is 0 Å². The first-order valence-corrected chi connectivity index (χ1v) is 7.47.